The fourth-order valence-corrected chi connectivity index (χ4v) is 0.798. The molecule has 0 aliphatic carbocycles. The Morgan fingerprint density at radius 1 is 1.20 bits per heavy atom. The van der Waals surface area contributed by atoms with Crippen LogP contribution in [0.3, 0.4) is 0 Å². The zero-order valence-corrected chi connectivity index (χ0v) is 6.10. The maximum absolute atomic E-state index is 9.00. The van der Waals surface area contributed by atoms with Crippen molar-refractivity contribution in [2.75, 3.05) is 11.5 Å². The molecule has 0 fully saturated rings. The van der Waals surface area contributed by atoms with E-state index in [-0.39, 0.29) is 11.4 Å². The van der Waals surface area contributed by atoms with Crippen molar-refractivity contribution in [2.45, 2.75) is 4.90 Å². The van der Waals surface area contributed by atoms with Gasteiger partial charge in [0.05, 0.1) is 5.69 Å². The van der Waals surface area contributed by atoms with E-state index in [1.165, 1.54) is 12.1 Å². The van der Waals surface area contributed by atoms with E-state index < -0.39 is 0 Å². The first-order valence-corrected chi connectivity index (χ1v) is 3.13. The second-order valence-corrected chi connectivity index (χ2v) is 2.45. The quantitative estimate of drug-likeness (QED) is 0.195. The summed E-state index contributed by atoms with van der Waals surface area (Å²) in [6, 6.07) is 2.88. The third-order valence-electron chi connectivity index (χ3n) is 1.18. The molecule has 0 heterocycles. The van der Waals surface area contributed by atoms with Gasteiger partial charge < -0.3 is 16.6 Å². The van der Waals surface area contributed by atoms with Crippen molar-refractivity contribution in [3.05, 3.63) is 12.1 Å². The van der Waals surface area contributed by atoms with Gasteiger partial charge in [0.25, 0.3) is 0 Å². The van der Waals surface area contributed by atoms with Gasteiger partial charge in [-0.2, -0.15) is 0 Å². The van der Waals surface area contributed by atoms with Crippen molar-refractivity contribution in [1.82, 2.24) is 0 Å². The summed E-state index contributed by atoms with van der Waals surface area (Å²) in [6.45, 7) is 0. The van der Waals surface area contributed by atoms with Crippen LogP contribution >= 0.6 is 12.6 Å². The van der Waals surface area contributed by atoms with E-state index in [0.717, 1.165) is 0 Å². The minimum absolute atomic E-state index is 0.0131. The summed E-state index contributed by atoms with van der Waals surface area (Å²) < 4.78 is 0. The molecule has 1 aromatic carbocycles. The summed E-state index contributed by atoms with van der Waals surface area (Å²) in [4.78, 5) is 0.534. The molecule has 0 bridgehead atoms. The minimum Gasteiger partial charge on any atom is -0.506 e. The number of phenolic OH excluding ortho intramolecular Hbond substituents is 1. The molecule has 1 rings (SSSR count). The lowest BCUT2D eigenvalue weighted by Crippen LogP contribution is -1.91. The van der Waals surface area contributed by atoms with Crippen LogP contribution in [0.4, 0.5) is 11.4 Å². The van der Waals surface area contributed by atoms with Crippen LogP contribution in [0.1, 0.15) is 0 Å². The Hall–Kier alpha value is -1.03. The number of thiol groups is 1. The van der Waals surface area contributed by atoms with Gasteiger partial charge in [-0.25, -0.2) is 0 Å². The molecule has 10 heavy (non-hydrogen) atoms. The van der Waals surface area contributed by atoms with Crippen molar-refractivity contribution < 1.29 is 5.11 Å². The normalized spacial score (nSPS) is 9.70. The minimum atomic E-state index is 0.0131. The predicted octanol–water partition coefficient (Wildman–Crippen LogP) is 0.845. The monoisotopic (exact) mass is 156 g/mol. The molecule has 0 spiro atoms. The van der Waals surface area contributed by atoms with Crippen LogP contribution in [0.5, 0.6) is 5.75 Å². The van der Waals surface area contributed by atoms with E-state index >= 15 is 0 Å². The molecule has 0 saturated heterocycles. The van der Waals surface area contributed by atoms with Gasteiger partial charge in [0.15, 0.2) is 0 Å². The lowest BCUT2D eigenvalue weighted by atomic mass is 10.2. The Morgan fingerprint density at radius 2 is 1.80 bits per heavy atom. The number of aromatic hydroxyl groups is 1. The number of nitrogens with two attached hydrogens (primary N) is 2. The van der Waals surface area contributed by atoms with E-state index in [4.69, 9.17) is 16.6 Å². The highest BCUT2D eigenvalue weighted by atomic mass is 32.1. The van der Waals surface area contributed by atoms with Crippen LogP contribution in [-0.2, 0) is 0 Å². The molecular weight excluding hydrogens is 148 g/mol. The summed E-state index contributed by atoms with van der Waals surface area (Å²) in [5.74, 6) is 0.0131. The van der Waals surface area contributed by atoms with E-state index in [9.17, 15) is 0 Å². The lowest BCUT2D eigenvalue weighted by Gasteiger charge is -2.01. The Kier molecular flexibility index (Phi) is 1.63. The van der Waals surface area contributed by atoms with Crippen LogP contribution in [0.25, 0.3) is 0 Å². The van der Waals surface area contributed by atoms with Crippen LogP contribution in [0, 0.1) is 0 Å². The summed E-state index contributed by atoms with van der Waals surface area (Å²) in [5.41, 5.74) is 11.5. The van der Waals surface area contributed by atoms with Crippen molar-refractivity contribution in [3.63, 3.8) is 0 Å². The Morgan fingerprint density at radius 3 is 2.30 bits per heavy atom. The molecule has 1 aromatic rings. The van der Waals surface area contributed by atoms with Crippen LogP contribution < -0.4 is 11.5 Å². The molecule has 0 saturated carbocycles. The van der Waals surface area contributed by atoms with Crippen LogP contribution in [-0.4, -0.2) is 5.11 Å². The van der Waals surface area contributed by atoms with Gasteiger partial charge in [-0.3, -0.25) is 0 Å². The number of phenols is 1. The summed E-state index contributed by atoms with van der Waals surface area (Å²) in [6.07, 6.45) is 0. The fraction of sp³-hybridized carbons (Fsp3) is 0. The molecule has 0 aliphatic rings. The Bertz CT molecular complexity index is 212. The zero-order valence-electron chi connectivity index (χ0n) is 5.20. The highest BCUT2D eigenvalue weighted by Gasteiger charge is 1.99. The predicted molar refractivity (Wildman–Crippen MR) is 44.2 cm³/mol. The standard InChI is InChI=1S/C6H8N2OS/c7-3-1-4(8)6(10)2-5(3)9/h1-2,9-10H,7-8H2. The van der Waals surface area contributed by atoms with Gasteiger partial charge in [-0.15, -0.1) is 12.6 Å². The number of hydrogen-bond acceptors (Lipinski definition) is 4. The van der Waals surface area contributed by atoms with Crippen LogP contribution in [0.2, 0.25) is 0 Å². The van der Waals surface area contributed by atoms with E-state index in [1.807, 2.05) is 0 Å². The SMILES string of the molecule is Nc1cc(N)c(S)cc1O. The van der Waals surface area contributed by atoms with Crippen LogP contribution in [0.15, 0.2) is 17.0 Å². The molecular formula is C6H8N2OS. The van der Waals surface area contributed by atoms with Crippen molar-refractivity contribution in [3.8, 4) is 5.75 Å². The average molecular weight is 156 g/mol. The summed E-state index contributed by atoms with van der Waals surface area (Å²) >= 11 is 3.97. The maximum atomic E-state index is 9.00. The second kappa shape index (κ2) is 2.30. The molecule has 0 atom stereocenters. The highest BCUT2D eigenvalue weighted by molar-refractivity contribution is 7.80. The van der Waals surface area contributed by atoms with Crippen molar-refractivity contribution in [2.24, 2.45) is 0 Å². The van der Waals surface area contributed by atoms with E-state index in [2.05, 4.69) is 12.6 Å². The van der Waals surface area contributed by atoms with Crippen molar-refractivity contribution in [1.29, 1.82) is 0 Å². The Labute approximate surface area is 64.1 Å². The molecule has 0 unspecified atom stereocenters. The maximum Gasteiger partial charge on any atom is 0.139 e. The summed E-state index contributed by atoms with van der Waals surface area (Å²) in [7, 11) is 0. The number of rotatable bonds is 0. The van der Waals surface area contributed by atoms with E-state index in [0.29, 0.717) is 10.6 Å². The number of benzene rings is 1. The molecule has 0 aliphatic heterocycles. The molecule has 0 aromatic heterocycles. The molecule has 0 amide bonds. The zero-order chi connectivity index (χ0) is 7.72. The number of anilines is 2. The first-order chi connectivity index (χ1) is 4.61. The average Bonchev–Trinajstić information content (AvgIpc) is 1.84. The third kappa shape index (κ3) is 1.11. The highest BCUT2D eigenvalue weighted by Crippen LogP contribution is 2.28. The molecule has 54 valence electrons. The van der Waals surface area contributed by atoms with Gasteiger partial charge in [0, 0.05) is 10.6 Å². The van der Waals surface area contributed by atoms with Gasteiger partial charge in [0.2, 0.25) is 0 Å². The lowest BCUT2D eigenvalue weighted by molar-refractivity contribution is 0.476. The molecule has 4 heteroatoms. The molecule has 0 radical (unpaired) electrons. The third-order valence-corrected chi connectivity index (χ3v) is 1.56. The van der Waals surface area contributed by atoms with E-state index in [1.54, 1.807) is 0 Å². The fourth-order valence-electron chi connectivity index (χ4n) is 0.612. The largest absolute Gasteiger partial charge is 0.506 e. The van der Waals surface area contributed by atoms with Gasteiger partial charge in [-0.05, 0) is 12.1 Å². The number of nitrogen functional groups attached to an aromatic ring is 2. The van der Waals surface area contributed by atoms with Crippen molar-refractivity contribution >= 4 is 24.0 Å². The second-order valence-electron chi connectivity index (χ2n) is 1.97. The first kappa shape index (κ1) is 7.08. The van der Waals surface area contributed by atoms with Gasteiger partial charge in [-0.1, -0.05) is 0 Å². The molecule has 3 nitrogen and oxygen atoms in total. The smallest absolute Gasteiger partial charge is 0.139 e. The van der Waals surface area contributed by atoms with Gasteiger partial charge >= 0.3 is 0 Å². The molecule has 5 N–H and O–H groups in total. The Balaban J connectivity index is 3.28. The van der Waals surface area contributed by atoms with Gasteiger partial charge in [0.1, 0.15) is 5.75 Å². The topological polar surface area (TPSA) is 72.3 Å². The number of hydrogen-bond donors (Lipinski definition) is 4. The first-order valence-electron chi connectivity index (χ1n) is 2.68. The summed E-state index contributed by atoms with van der Waals surface area (Å²) in [5, 5.41) is 9.00.